The number of benzene rings is 2. The van der Waals surface area contributed by atoms with Gasteiger partial charge in [0, 0.05) is 28.7 Å². The number of hydrogen-bond acceptors (Lipinski definition) is 4. The summed E-state index contributed by atoms with van der Waals surface area (Å²) in [5, 5.41) is 4.85. The van der Waals surface area contributed by atoms with Gasteiger partial charge in [-0.3, -0.25) is 0 Å². The fourth-order valence-corrected chi connectivity index (χ4v) is 3.88. The molecule has 2 aromatic heterocycles. The Balaban J connectivity index is 1.66. The molecule has 0 bridgehead atoms. The van der Waals surface area contributed by atoms with E-state index in [1.54, 1.807) is 29.9 Å². The summed E-state index contributed by atoms with van der Waals surface area (Å²) < 4.78 is 30.0. The van der Waals surface area contributed by atoms with Crippen LogP contribution in [0.4, 0.5) is 14.5 Å². The first-order chi connectivity index (χ1) is 13.1. The van der Waals surface area contributed by atoms with Gasteiger partial charge < -0.3 is 16.0 Å². The minimum atomic E-state index is -0.918. The maximum atomic E-state index is 14.8. The molecule has 2 heterocycles. The fourth-order valence-electron chi connectivity index (χ4n) is 2.99. The average molecular weight is 405 g/mol. The topological polar surface area (TPSA) is 66.7 Å². The molecule has 0 aliphatic carbocycles. The van der Waals surface area contributed by atoms with Gasteiger partial charge in [-0.05, 0) is 29.8 Å². The molecule has 0 saturated heterocycles. The van der Waals surface area contributed by atoms with Crippen molar-refractivity contribution in [2.75, 3.05) is 11.9 Å². The SMILES string of the molecule is NCC(Nc1ccc2[nH]cnc2c1)c1ccc(-c2csc(Cl)c2)c(F)c1F. The number of thiophene rings is 1. The van der Waals surface area contributed by atoms with Crippen LogP contribution in [-0.4, -0.2) is 16.5 Å². The summed E-state index contributed by atoms with van der Waals surface area (Å²) in [6, 6.07) is 9.64. The van der Waals surface area contributed by atoms with Gasteiger partial charge in [-0.2, -0.15) is 0 Å². The lowest BCUT2D eigenvalue weighted by molar-refractivity contribution is 0.495. The smallest absolute Gasteiger partial charge is 0.167 e. The highest BCUT2D eigenvalue weighted by Crippen LogP contribution is 2.34. The Bertz CT molecular complexity index is 1110. The standard InChI is InChI=1S/C19H15ClF2N4S/c20-17-5-10(8-27-17)12-2-3-13(19(22)18(12)21)16(7-23)26-11-1-4-14-15(6-11)25-9-24-14/h1-6,8-9,16,26H,7,23H2,(H,24,25). The maximum absolute atomic E-state index is 14.8. The van der Waals surface area contributed by atoms with E-state index in [2.05, 4.69) is 15.3 Å². The molecular formula is C19H15ClF2N4S. The number of aromatic amines is 1. The Kier molecular flexibility index (Phi) is 4.82. The predicted molar refractivity (Wildman–Crippen MR) is 106 cm³/mol. The van der Waals surface area contributed by atoms with Crippen LogP contribution in [0.15, 0.2) is 48.1 Å². The molecule has 0 saturated carbocycles. The van der Waals surface area contributed by atoms with Crippen LogP contribution in [-0.2, 0) is 0 Å². The zero-order chi connectivity index (χ0) is 19.0. The van der Waals surface area contributed by atoms with E-state index < -0.39 is 17.7 Å². The Morgan fingerprint density at radius 1 is 1.19 bits per heavy atom. The van der Waals surface area contributed by atoms with Gasteiger partial charge in [-0.1, -0.05) is 23.7 Å². The molecule has 1 atom stereocenters. The van der Waals surface area contributed by atoms with Gasteiger partial charge in [0.1, 0.15) is 0 Å². The monoisotopic (exact) mass is 404 g/mol. The van der Waals surface area contributed by atoms with E-state index in [4.69, 9.17) is 17.3 Å². The van der Waals surface area contributed by atoms with Crippen molar-refractivity contribution in [2.45, 2.75) is 6.04 Å². The number of anilines is 1. The van der Waals surface area contributed by atoms with Crippen LogP contribution in [0.1, 0.15) is 11.6 Å². The number of rotatable bonds is 5. The van der Waals surface area contributed by atoms with E-state index in [0.717, 1.165) is 16.7 Å². The summed E-state index contributed by atoms with van der Waals surface area (Å²) in [7, 11) is 0. The fraction of sp³-hybridized carbons (Fsp3) is 0.105. The quantitative estimate of drug-likeness (QED) is 0.421. The van der Waals surface area contributed by atoms with Crippen LogP contribution < -0.4 is 11.1 Å². The third-order valence-corrected chi connectivity index (χ3v) is 5.46. The van der Waals surface area contributed by atoms with E-state index in [-0.39, 0.29) is 17.7 Å². The van der Waals surface area contributed by atoms with Crippen LogP contribution in [0.5, 0.6) is 0 Å². The van der Waals surface area contributed by atoms with Gasteiger partial charge in [0.05, 0.1) is 27.7 Å². The first-order valence-electron chi connectivity index (χ1n) is 8.19. The van der Waals surface area contributed by atoms with E-state index in [1.165, 1.54) is 11.3 Å². The second-order valence-electron chi connectivity index (χ2n) is 6.04. The van der Waals surface area contributed by atoms with Crippen molar-refractivity contribution in [3.63, 3.8) is 0 Å². The maximum Gasteiger partial charge on any atom is 0.167 e. The van der Waals surface area contributed by atoms with Gasteiger partial charge in [0.15, 0.2) is 11.6 Å². The molecule has 8 heteroatoms. The summed E-state index contributed by atoms with van der Waals surface area (Å²) in [6.07, 6.45) is 1.60. The molecule has 4 rings (SSSR count). The molecule has 0 radical (unpaired) electrons. The molecule has 1 unspecified atom stereocenters. The zero-order valence-corrected chi connectivity index (χ0v) is 15.5. The van der Waals surface area contributed by atoms with Crippen LogP contribution in [0.3, 0.4) is 0 Å². The normalized spacial score (nSPS) is 12.4. The van der Waals surface area contributed by atoms with Crippen LogP contribution in [0, 0.1) is 11.6 Å². The highest BCUT2D eigenvalue weighted by Gasteiger charge is 2.21. The van der Waals surface area contributed by atoms with Crippen molar-refractivity contribution in [1.29, 1.82) is 0 Å². The van der Waals surface area contributed by atoms with E-state index in [0.29, 0.717) is 9.90 Å². The van der Waals surface area contributed by atoms with Crippen molar-refractivity contribution in [1.82, 2.24) is 9.97 Å². The molecule has 2 aromatic carbocycles. The molecule has 0 fully saturated rings. The lowest BCUT2D eigenvalue weighted by Crippen LogP contribution is -2.22. The summed E-state index contributed by atoms with van der Waals surface area (Å²) in [5.74, 6) is -1.83. The Morgan fingerprint density at radius 2 is 2.04 bits per heavy atom. The van der Waals surface area contributed by atoms with Crippen molar-refractivity contribution in [2.24, 2.45) is 5.73 Å². The van der Waals surface area contributed by atoms with E-state index in [9.17, 15) is 8.78 Å². The van der Waals surface area contributed by atoms with Crippen LogP contribution in [0.2, 0.25) is 4.34 Å². The molecule has 138 valence electrons. The van der Waals surface area contributed by atoms with Crippen molar-refractivity contribution in [3.05, 3.63) is 69.6 Å². The zero-order valence-electron chi connectivity index (χ0n) is 14.0. The van der Waals surface area contributed by atoms with Gasteiger partial charge in [0.2, 0.25) is 0 Å². The number of nitrogens with one attached hydrogen (secondary N) is 2. The molecule has 27 heavy (non-hydrogen) atoms. The third-order valence-electron chi connectivity index (χ3n) is 4.36. The first kappa shape index (κ1) is 17.9. The summed E-state index contributed by atoms with van der Waals surface area (Å²) in [4.78, 5) is 7.20. The number of halogens is 3. The Morgan fingerprint density at radius 3 is 2.78 bits per heavy atom. The number of hydrogen-bond donors (Lipinski definition) is 3. The second kappa shape index (κ2) is 7.26. The number of H-pyrrole nitrogens is 1. The third kappa shape index (κ3) is 3.41. The lowest BCUT2D eigenvalue weighted by atomic mass is 10.0. The second-order valence-corrected chi connectivity index (χ2v) is 7.58. The highest BCUT2D eigenvalue weighted by atomic mass is 35.5. The van der Waals surface area contributed by atoms with Crippen LogP contribution in [0.25, 0.3) is 22.2 Å². The number of aromatic nitrogens is 2. The molecule has 4 aromatic rings. The average Bonchev–Trinajstić information content (AvgIpc) is 3.30. The Hall–Kier alpha value is -2.48. The molecular weight excluding hydrogens is 390 g/mol. The van der Waals surface area contributed by atoms with Crippen molar-refractivity contribution >= 4 is 39.7 Å². The number of nitrogens with zero attached hydrogens (tertiary/aromatic N) is 1. The summed E-state index contributed by atoms with van der Waals surface area (Å²) in [6.45, 7) is 0.0958. The van der Waals surface area contributed by atoms with Gasteiger partial charge >= 0.3 is 0 Å². The van der Waals surface area contributed by atoms with Gasteiger partial charge in [-0.25, -0.2) is 13.8 Å². The molecule has 4 N–H and O–H groups in total. The summed E-state index contributed by atoms with van der Waals surface area (Å²) >= 11 is 7.17. The van der Waals surface area contributed by atoms with Crippen molar-refractivity contribution < 1.29 is 8.78 Å². The van der Waals surface area contributed by atoms with E-state index >= 15 is 0 Å². The van der Waals surface area contributed by atoms with Gasteiger partial charge in [0.25, 0.3) is 0 Å². The minimum absolute atomic E-state index is 0.0958. The van der Waals surface area contributed by atoms with E-state index in [1.807, 2.05) is 18.2 Å². The molecule has 0 amide bonds. The highest BCUT2D eigenvalue weighted by molar-refractivity contribution is 7.14. The Labute approximate surface area is 163 Å². The summed E-state index contributed by atoms with van der Waals surface area (Å²) in [5.41, 5.74) is 9.10. The number of nitrogens with two attached hydrogens (primary N) is 1. The number of fused-ring (bicyclic) bond motifs is 1. The number of imidazole rings is 1. The minimum Gasteiger partial charge on any atom is -0.377 e. The van der Waals surface area contributed by atoms with Gasteiger partial charge in [-0.15, -0.1) is 11.3 Å². The van der Waals surface area contributed by atoms with Crippen LogP contribution >= 0.6 is 22.9 Å². The largest absolute Gasteiger partial charge is 0.377 e. The first-order valence-corrected chi connectivity index (χ1v) is 9.44. The lowest BCUT2D eigenvalue weighted by Gasteiger charge is -2.20. The molecule has 0 aliphatic rings. The van der Waals surface area contributed by atoms with Crippen molar-refractivity contribution in [3.8, 4) is 11.1 Å². The molecule has 0 spiro atoms. The predicted octanol–water partition coefficient (Wildman–Crippen LogP) is 5.33. The molecule has 4 nitrogen and oxygen atoms in total. The molecule has 0 aliphatic heterocycles.